The largest absolute Gasteiger partial charge is 0.506 e. The molecule has 328 valence electrons. The quantitative estimate of drug-likeness (QED) is 0.0266. The summed E-state index contributed by atoms with van der Waals surface area (Å²) in [4.78, 5) is 63.2. The number of hydrogen-bond acceptors (Lipinski definition) is 10. The van der Waals surface area contributed by atoms with Crippen molar-refractivity contribution < 1.29 is 48.4 Å². The number of phenolic OH excluding ortho intramolecular Hbond substituents is 1. The Kier molecular flexibility index (Phi) is 16.8. The molecule has 8 N–H and O–H groups in total. The van der Waals surface area contributed by atoms with Crippen molar-refractivity contribution in [3.8, 4) is 11.5 Å². The summed E-state index contributed by atoms with van der Waals surface area (Å²) in [6.07, 6.45) is 2.58. The maximum atomic E-state index is 13.3. The average Bonchev–Trinajstić information content (AvgIpc) is 3.69. The molecule has 0 aliphatic heterocycles. The van der Waals surface area contributed by atoms with Gasteiger partial charge in [-0.2, -0.15) is 0 Å². The molecular formula is C48H51N5O10. The number of benzene rings is 5. The van der Waals surface area contributed by atoms with Gasteiger partial charge in [0.25, 0.3) is 0 Å². The Morgan fingerprint density at radius 1 is 0.714 bits per heavy atom. The van der Waals surface area contributed by atoms with Gasteiger partial charge in [0, 0.05) is 32.0 Å². The molecule has 0 fully saturated rings. The number of aromatic carboxylic acids is 1. The van der Waals surface area contributed by atoms with Crippen molar-refractivity contribution in [1.82, 2.24) is 10.3 Å². The first kappa shape index (κ1) is 46.4. The van der Waals surface area contributed by atoms with Crippen molar-refractivity contribution in [2.45, 2.75) is 59.9 Å². The Balaban J connectivity index is 0.000000311. The highest BCUT2D eigenvalue weighted by atomic mass is 16.5. The van der Waals surface area contributed by atoms with E-state index in [0.717, 1.165) is 33.9 Å². The fraction of sp³-hybridized carbons (Fsp3) is 0.229. The maximum absolute atomic E-state index is 13.3. The summed E-state index contributed by atoms with van der Waals surface area (Å²) in [6.45, 7) is 5.79. The van der Waals surface area contributed by atoms with Crippen molar-refractivity contribution >= 4 is 52.1 Å². The third kappa shape index (κ3) is 13.2. The molecule has 0 bridgehead atoms. The summed E-state index contributed by atoms with van der Waals surface area (Å²) in [5, 5.41) is 27.8. The van der Waals surface area contributed by atoms with Crippen LogP contribution in [-0.2, 0) is 51.7 Å². The SMILES string of the molecule is CC(=O)Nc1c(O)cc(C(=O)O)c2[nH]cc(CCN)c12.CC(=O)Nc1c(OCc2ccccc2)cc(C(=O)OCc2ccccc2)c(C)c1CCCNC(=O)OCc1ccccc1. The van der Waals surface area contributed by atoms with Crippen molar-refractivity contribution in [3.05, 3.63) is 154 Å². The number of anilines is 2. The number of rotatable bonds is 17. The minimum Gasteiger partial charge on any atom is -0.506 e. The number of aromatic nitrogens is 1. The van der Waals surface area contributed by atoms with Gasteiger partial charge in [0.2, 0.25) is 11.8 Å². The van der Waals surface area contributed by atoms with Gasteiger partial charge in [0.05, 0.1) is 28.0 Å². The number of carboxylic acids is 1. The third-order valence-electron chi connectivity index (χ3n) is 9.70. The monoisotopic (exact) mass is 857 g/mol. The average molecular weight is 858 g/mol. The summed E-state index contributed by atoms with van der Waals surface area (Å²) < 4.78 is 17.1. The van der Waals surface area contributed by atoms with E-state index in [-0.39, 0.29) is 48.6 Å². The highest BCUT2D eigenvalue weighted by Crippen LogP contribution is 2.38. The van der Waals surface area contributed by atoms with E-state index in [1.54, 1.807) is 12.3 Å². The van der Waals surface area contributed by atoms with Gasteiger partial charge in [-0.05, 0) is 78.2 Å². The van der Waals surface area contributed by atoms with Crippen molar-refractivity contribution in [2.24, 2.45) is 5.73 Å². The van der Waals surface area contributed by atoms with E-state index in [1.165, 1.54) is 13.8 Å². The zero-order valence-electron chi connectivity index (χ0n) is 35.3. The fourth-order valence-electron chi connectivity index (χ4n) is 6.72. The highest BCUT2D eigenvalue weighted by Gasteiger charge is 2.23. The van der Waals surface area contributed by atoms with Crippen LogP contribution in [0.4, 0.5) is 16.2 Å². The normalized spacial score (nSPS) is 10.5. The molecule has 1 heterocycles. The number of amides is 3. The predicted octanol–water partition coefficient (Wildman–Crippen LogP) is 7.78. The van der Waals surface area contributed by atoms with Crippen molar-refractivity contribution in [2.75, 3.05) is 23.7 Å². The number of alkyl carbamates (subject to hydrolysis) is 1. The Labute approximate surface area is 364 Å². The predicted molar refractivity (Wildman–Crippen MR) is 239 cm³/mol. The standard InChI is InChI=1S/C35H36N2O6.C13H15N3O4/c1-25-30(19-12-20-36-35(40)43-24-29-17-10-5-11-18-29)33(37-26(2)38)32(41-22-27-13-6-3-7-14-27)21-31(25)34(39)42-23-28-15-8-4-9-16-28;1-6(17)16-12-9(18)4-8(13(19)20)11-10(12)7(2-3-14)5-15-11/h3-11,13-18,21H,12,19-20,22-24H2,1-2H3,(H,36,40)(H,37,38);4-5,15,18H,2-3,14H2,1H3,(H,16,17)(H,19,20). The van der Waals surface area contributed by atoms with E-state index in [2.05, 4.69) is 20.9 Å². The second kappa shape index (κ2) is 22.8. The van der Waals surface area contributed by atoms with Crippen LogP contribution in [0.1, 0.15) is 74.4 Å². The van der Waals surface area contributed by atoms with E-state index >= 15 is 0 Å². The number of aromatic hydroxyl groups is 1. The molecule has 0 aliphatic rings. The Hall–Kier alpha value is -7.65. The molecule has 0 aliphatic carbocycles. The van der Waals surface area contributed by atoms with Gasteiger partial charge >= 0.3 is 18.0 Å². The number of phenols is 1. The third-order valence-corrected chi connectivity index (χ3v) is 9.70. The van der Waals surface area contributed by atoms with Gasteiger partial charge in [0.15, 0.2) is 0 Å². The summed E-state index contributed by atoms with van der Waals surface area (Å²) in [5.74, 6) is -2.22. The number of aromatic amines is 1. The lowest BCUT2D eigenvalue weighted by Gasteiger charge is -2.21. The first-order chi connectivity index (χ1) is 30.4. The number of nitrogens with two attached hydrogens (primary N) is 1. The molecule has 6 aromatic rings. The minimum absolute atomic E-state index is 0.0603. The lowest BCUT2D eigenvalue weighted by Crippen LogP contribution is -2.25. The number of hydrogen-bond donors (Lipinski definition) is 7. The molecule has 5 aromatic carbocycles. The van der Waals surface area contributed by atoms with E-state index in [0.29, 0.717) is 65.8 Å². The van der Waals surface area contributed by atoms with Crippen LogP contribution in [0.5, 0.6) is 11.5 Å². The molecule has 0 saturated carbocycles. The van der Waals surface area contributed by atoms with E-state index < -0.39 is 18.0 Å². The number of ether oxygens (including phenoxy) is 3. The zero-order chi connectivity index (χ0) is 45.3. The first-order valence-electron chi connectivity index (χ1n) is 20.2. The Bertz CT molecular complexity index is 2530. The van der Waals surface area contributed by atoms with Crippen LogP contribution in [0, 0.1) is 6.92 Å². The van der Waals surface area contributed by atoms with Gasteiger partial charge in [-0.3, -0.25) is 9.59 Å². The van der Waals surface area contributed by atoms with E-state index in [4.69, 9.17) is 19.9 Å². The second-order valence-electron chi connectivity index (χ2n) is 14.4. The topological polar surface area (TPSA) is 231 Å². The van der Waals surface area contributed by atoms with E-state index in [9.17, 15) is 34.2 Å². The van der Waals surface area contributed by atoms with Gasteiger partial charge < -0.3 is 51.1 Å². The summed E-state index contributed by atoms with van der Waals surface area (Å²) in [7, 11) is 0. The second-order valence-corrected chi connectivity index (χ2v) is 14.4. The molecule has 6 rings (SSSR count). The lowest BCUT2D eigenvalue weighted by molar-refractivity contribution is -0.115. The maximum Gasteiger partial charge on any atom is 0.407 e. The number of carbonyl (C=O) groups excluding carboxylic acids is 4. The molecule has 0 atom stereocenters. The molecule has 0 radical (unpaired) electrons. The number of H-pyrrole nitrogens is 1. The van der Waals surface area contributed by atoms with Crippen LogP contribution in [0.15, 0.2) is 109 Å². The number of fused-ring (bicyclic) bond motifs is 1. The fourth-order valence-corrected chi connectivity index (χ4v) is 6.72. The van der Waals surface area contributed by atoms with Crippen LogP contribution in [0.25, 0.3) is 10.9 Å². The number of carboxylic acid groups (broad SMARTS) is 1. The number of carbonyl (C=O) groups is 5. The summed E-state index contributed by atoms with van der Waals surface area (Å²) in [5.41, 5.74) is 11.7. The smallest absolute Gasteiger partial charge is 0.407 e. The van der Waals surface area contributed by atoms with Crippen molar-refractivity contribution in [1.29, 1.82) is 0 Å². The van der Waals surface area contributed by atoms with Gasteiger partial charge in [-0.15, -0.1) is 0 Å². The summed E-state index contributed by atoms with van der Waals surface area (Å²) >= 11 is 0. The van der Waals surface area contributed by atoms with E-state index in [1.807, 2.05) is 97.9 Å². The lowest BCUT2D eigenvalue weighted by atomic mass is 9.95. The van der Waals surface area contributed by atoms with Gasteiger partial charge in [-0.1, -0.05) is 91.0 Å². The minimum atomic E-state index is -1.17. The molecule has 3 amide bonds. The highest BCUT2D eigenvalue weighted by molar-refractivity contribution is 6.12. The van der Waals surface area contributed by atoms with Crippen molar-refractivity contribution in [3.63, 3.8) is 0 Å². The van der Waals surface area contributed by atoms with Crippen LogP contribution in [0.3, 0.4) is 0 Å². The van der Waals surface area contributed by atoms with Gasteiger partial charge in [-0.25, -0.2) is 14.4 Å². The van der Waals surface area contributed by atoms with Crippen LogP contribution < -0.4 is 26.4 Å². The molecule has 0 spiro atoms. The zero-order valence-corrected chi connectivity index (χ0v) is 35.3. The number of nitrogens with one attached hydrogen (secondary N) is 4. The Morgan fingerprint density at radius 2 is 1.27 bits per heavy atom. The van der Waals surface area contributed by atoms with Crippen LogP contribution in [-0.4, -0.2) is 58.1 Å². The van der Waals surface area contributed by atoms with Gasteiger partial charge in [0.1, 0.15) is 31.3 Å². The summed E-state index contributed by atoms with van der Waals surface area (Å²) in [6, 6.07) is 31.2. The molecule has 0 unspecified atom stereocenters. The van der Waals surface area contributed by atoms with Crippen LogP contribution in [0.2, 0.25) is 0 Å². The molecule has 63 heavy (non-hydrogen) atoms. The number of esters is 1. The molecule has 0 saturated heterocycles. The Morgan fingerprint density at radius 3 is 1.83 bits per heavy atom. The van der Waals surface area contributed by atoms with Crippen LogP contribution >= 0.6 is 0 Å². The molecule has 15 nitrogen and oxygen atoms in total. The molecule has 15 heteroatoms. The molecule has 1 aromatic heterocycles. The molecular weight excluding hydrogens is 807 g/mol. The first-order valence-corrected chi connectivity index (χ1v) is 20.2.